The van der Waals surface area contributed by atoms with E-state index in [2.05, 4.69) is 5.92 Å². The number of carbonyl (C=O) groups is 1. The molecular formula is C20H25NO4. The Kier molecular flexibility index (Phi) is 4.52. The number of hydrogen-bond acceptors (Lipinski definition) is 4. The van der Waals surface area contributed by atoms with Gasteiger partial charge in [0.1, 0.15) is 5.60 Å². The van der Waals surface area contributed by atoms with Gasteiger partial charge < -0.3 is 14.6 Å². The van der Waals surface area contributed by atoms with E-state index in [-0.39, 0.29) is 18.2 Å². The topological polar surface area (TPSA) is 59.0 Å². The van der Waals surface area contributed by atoms with Gasteiger partial charge in [0.2, 0.25) is 0 Å². The molecule has 1 N–H and O–H groups in total. The summed E-state index contributed by atoms with van der Waals surface area (Å²) in [5.74, 6) is 2.58. The van der Waals surface area contributed by atoms with E-state index in [1.807, 2.05) is 45.0 Å². The Labute approximate surface area is 148 Å². The minimum absolute atomic E-state index is 0.209. The molecule has 25 heavy (non-hydrogen) atoms. The number of rotatable bonds is 1. The Bertz CT molecular complexity index is 669. The summed E-state index contributed by atoms with van der Waals surface area (Å²) in [6, 6.07) is 6.99. The number of aliphatic hydroxyl groups is 1. The summed E-state index contributed by atoms with van der Waals surface area (Å²) in [5.41, 5.74) is 0.0600. The van der Waals surface area contributed by atoms with Crippen LogP contribution in [-0.4, -0.2) is 47.0 Å². The van der Waals surface area contributed by atoms with Crippen LogP contribution in [-0.2, 0) is 15.1 Å². The molecule has 5 heteroatoms. The molecule has 2 unspecified atom stereocenters. The van der Waals surface area contributed by atoms with Crippen molar-refractivity contribution in [1.29, 1.82) is 0 Å². The van der Waals surface area contributed by atoms with Gasteiger partial charge in [-0.3, -0.25) is 4.90 Å². The van der Waals surface area contributed by atoms with Crippen LogP contribution in [0.5, 0.6) is 0 Å². The minimum Gasteiger partial charge on any atom is -0.444 e. The number of terminal acetylenes is 1. The molecule has 0 saturated carbocycles. The van der Waals surface area contributed by atoms with Crippen LogP contribution in [0.3, 0.4) is 0 Å². The van der Waals surface area contributed by atoms with Gasteiger partial charge in [-0.05, 0) is 38.5 Å². The van der Waals surface area contributed by atoms with Crippen LogP contribution in [0.4, 0.5) is 4.79 Å². The van der Waals surface area contributed by atoms with Crippen molar-refractivity contribution in [3.05, 3.63) is 35.4 Å². The molecule has 5 nitrogen and oxygen atoms in total. The normalized spacial score (nSPS) is 29.0. The van der Waals surface area contributed by atoms with Crippen LogP contribution >= 0.6 is 0 Å². The fourth-order valence-electron chi connectivity index (χ4n) is 3.70. The second kappa shape index (κ2) is 6.36. The zero-order chi connectivity index (χ0) is 18.2. The van der Waals surface area contributed by atoms with Crippen molar-refractivity contribution in [2.75, 3.05) is 13.2 Å². The lowest BCUT2D eigenvalue weighted by Gasteiger charge is -2.51. The Morgan fingerprint density at radius 2 is 1.84 bits per heavy atom. The highest BCUT2D eigenvalue weighted by Crippen LogP contribution is 2.41. The smallest absolute Gasteiger partial charge is 0.410 e. The van der Waals surface area contributed by atoms with E-state index in [4.69, 9.17) is 15.9 Å². The summed E-state index contributed by atoms with van der Waals surface area (Å²) in [4.78, 5) is 14.4. The van der Waals surface area contributed by atoms with Crippen LogP contribution in [0.15, 0.2) is 24.3 Å². The van der Waals surface area contributed by atoms with Gasteiger partial charge in [0.05, 0.1) is 30.9 Å². The number of nitrogens with zero attached hydrogens (tertiary/aromatic N) is 1. The van der Waals surface area contributed by atoms with Crippen LogP contribution in [0.25, 0.3) is 0 Å². The molecule has 2 saturated heterocycles. The Morgan fingerprint density at radius 1 is 1.28 bits per heavy atom. The van der Waals surface area contributed by atoms with E-state index in [0.717, 1.165) is 11.1 Å². The number of morpholine rings is 1. The molecule has 2 heterocycles. The monoisotopic (exact) mass is 343 g/mol. The fraction of sp³-hybridized carbons (Fsp3) is 0.550. The SMILES string of the molecule is C#Cc1ccc(C2(O)CC3COCC(C2)N3C(=O)OC(C)(C)C)cc1. The average molecular weight is 343 g/mol. The van der Waals surface area contributed by atoms with Gasteiger partial charge >= 0.3 is 6.09 Å². The molecule has 2 bridgehead atoms. The predicted molar refractivity (Wildman–Crippen MR) is 94.0 cm³/mol. The lowest BCUT2D eigenvalue weighted by molar-refractivity contribution is -0.141. The van der Waals surface area contributed by atoms with E-state index in [9.17, 15) is 9.90 Å². The molecular weight excluding hydrogens is 318 g/mol. The van der Waals surface area contributed by atoms with Crippen LogP contribution in [0.1, 0.15) is 44.7 Å². The first kappa shape index (κ1) is 17.8. The van der Waals surface area contributed by atoms with E-state index in [1.165, 1.54) is 0 Å². The molecule has 3 rings (SSSR count). The van der Waals surface area contributed by atoms with Gasteiger partial charge in [0.15, 0.2) is 0 Å². The Balaban J connectivity index is 1.83. The van der Waals surface area contributed by atoms with E-state index in [0.29, 0.717) is 26.1 Å². The minimum atomic E-state index is -0.995. The van der Waals surface area contributed by atoms with Crippen molar-refractivity contribution in [1.82, 2.24) is 4.90 Å². The van der Waals surface area contributed by atoms with Crippen LogP contribution < -0.4 is 0 Å². The van der Waals surface area contributed by atoms with Crippen molar-refractivity contribution in [3.63, 3.8) is 0 Å². The quantitative estimate of drug-likeness (QED) is 0.797. The molecule has 1 aromatic carbocycles. The summed E-state index contributed by atoms with van der Waals surface area (Å²) in [7, 11) is 0. The second-order valence-electron chi connectivity index (χ2n) is 7.89. The van der Waals surface area contributed by atoms with Crippen LogP contribution in [0.2, 0.25) is 0 Å². The predicted octanol–water partition coefficient (Wildman–Crippen LogP) is 2.65. The molecule has 0 radical (unpaired) electrons. The van der Waals surface area contributed by atoms with Gasteiger partial charge in [0.25, 0.3) is 0 Å². The average Bonchev–Trinajstić information content (AvgIpc) is 2.52. The van der Waals surface area contributed by atoms with Gasteiger partial charge in [-0.1, -0.05) is 18.1 Å². The van der Waals surface area contributed by atoms with Gasteiger partial charge in [-0.25, -0.2) is 4.79 Å². The lowest BCUT2D eigenvalue weighted by Crippen LogP contribution is -2.63. The first-order valence-electron chi connectivity index (χ1n) is 8.60. The van der Waals surface area contributed by atoms with Crippen molar-refractivity contribution in [3.8, 4) is 12.3 Å². The standard InChI is InChI=1S/C20H25NO4/c1-5-14-6-8-15(9-7-14)20(23)10-16-12-24-13-17(11-20)21(16)18(22)25-19(2,3)4/h1,6-9,16-17,23H,10-13H2,2-4H3. The third-order valence-electron chi connectivity index (χ3n) is 4.75. The van der Waals surface area contributed by atoms with Crippen LogP contribution in [0, 0.1) is 12.3 Å². The molecule has 0 aliphatic carbocycles. The van der Waals surface area contributed by atoms with Gasteiger partial charge in [-0.2, -0.15) is 0 Å². The molecule has 2 aliphatic rings. The fourth-order valence-corrected chi connectivity index (χ4v) is 3.70. The number of piperidine rings is 1. The maximum Gasteiger partial charge on any atom is 0.410 e. The molecule has 1 amide bonds. The number of benzene rings is 1. The molecule has 1 aromatic rings. The molecule has 2 atom stereocenters. The zero-order valence-corrected chi connectivity index (χ0v) is 15.0. The maximum atomic E-state index is 12.6. The molecule has 0 spiro atoms. The number of ether oxygens (including phenoxy) is 2. The number of amides is 1. The van der Waals surface area contributed by atoms with Gasteiger partial charge in [-0.15, -0.1) is 6.42 Å². The molecule has 2 fully saturated rings. The molecule has 0 aromatic heterocycles. The second-order valence-corrected chi connectivity index (χ2v) is 7.89. The Hall–Kier alpha value is -2.03. The largest absolute Gasteiger partial charge is 0.444 e. The van der Waals surface area contributed by atoms with Gasteiger partial charge in [0, 0.05) is 18.4 Å². The first-order chi connectivity index (χ1) is 11.7. The van der Waals surface area contributed by atoms with Crippen molar-refractivity contribution < 1.29 is 19.4 Å². The van der Waals surface area contributed by atoms with Crippen molar-refractivity contribution in [2.45, 2.75) is 56.9 Å². The summed E-state index contributed by atoms with van der Waals surface area (Å²) in [5, 5.41) is 11.3. The zero-order valence-electron chi connectivity index (χ0n) is 15.0. The summed E-state index contributed by atoms with van der Waals surface area (Å²) in [6.07, 6.45) is 5.89. The molecule has 2 aliphatic heterocycles. The number of fused-ring (bicyclic) bond motifs is 2. The van der Waals surface area contributed by atoms with E-state index < -0.39 is 11.2 Å². The highest BCUT2D eigenvalue weighted by Gasteiger charge is 2.49. The summed E-state index contributed by atoms with van der Waals surface area (Å²) < 4.78 is 11.2. The number of hydrogen-bond donors (Lipinski definition) is 1. The maximum absolute atomic E-state index is 12.6. The van der Waals surface area contributed by atoms with E-state index >= 15 is 0 Å². The third-order valence-corrected chi connectivity index (χ3v) is 4.75. The molecule has 134 valence electrons. The highest BCUT2D eigenvalue weighted by molar-refractivity contribution is 5.69. The lowest BCUT2D eigenvalue weighted by atomic mass is 9.77. The van der Waals surface area contributed by atoms with E-state index in [1.54, 1.807) is 4.90 Å². The highest BCUT2D eigenvalue weighted by atomic mass is 16.6. The summed E-state index contributed by atoms with van der Waals surface area (Å²) in [6.45, 7) is 6.36. The Morgan fingerprint density at radius 3 is 2.32 bits per heavy atom. The third kappa shape index (κ3) is 3.65. The first-order valence-corrected chi connectivity index (χ1v) is 8.60. The number of carbonyl (C=O) groups excluding carboxylic acids is 1. The van der Waals surface area contributed by atoms with Crippen molar-refractivity contribution >= 4 is 6.09 Å². The van der Waals surface area contributed by atoms with Crippen molar-refractivity contribution in [2.24, 2.45) is 0 Å². The summed E-state index contributed by atoms with van der Waals surface area (Å²) >= 11 is 0.